The summed E-state index contributed by atoms with van der Waals surface area (Å²) in [4.78, 5) is 4.26. The van der Waals surface area contributed by atoms with Gasteiger partial charge < -0.3 is 4.74 Å². The molecule has 0 amide bonds. The van der Waals surface area contributed by atoms with Gasteiger partial charge in [-0.15, -0.1) is 0 Å². The van der Waals surface area contributed by atoms with Crippen LogP contribution in [0, 0.1) is 0 Å². The fraction of sp³-hybridized carbons (Fsp3) is 0.250. The summed E-state index contributed by atoms with van der Waals surface area (Å²) >= 11 is 3.31. The number of rotatable bonds is 1. The normalized spacial score (nSPS) is 10.7. The van der Waals surface area contributed by atoms with Crippen molar-refractivity contribution in [3.8, 4) is 5.75 Å². The van der Waals surface area contributed by atoms with Gasteiger partial charge in [0.15, 0.2) is 0 Å². The van der Waals surface area contributed by atoms with Crippen LogP contribution in [-0.4, -0.2) is 21.9 Å². The van der Waals surface area contributed by atoms with Gasteiger partial charge >= 0.3 is 0 Å². The van der Waals surface area contributed by atoms with E-state index in [1.54, 1.807) is 18.0 Å². The molecule has 2 rings (SSSR count). The van der Waals surface area contributed by atoms with Crippen LogP contribution in [0.2, 0.25) is 0 Å². The van der Waals surface area contributed by atoms with Crippen molar-refractivity contribution < 1.29 is 4.74 Å². The van der Waals surface area contributed by atoms with E-state index in [1.165, 1.54) is 0 Å². The van der Waals surface area contributed by atoms with Gasteiger partial charge in [0.1, 0.15) is 21.4 Å². The maximum absolute atomic E-state index is 5.22. The van der Waals surface area contributed by atoms with Gasteiger partial charge in [-0.1, -0.05) is 0 Å². The fourth-order valence-electron chi connectivity index (χ4n) is 1.27. The highest BCUT2D eigenvalue weighted by Gasteiger charge is 2.08. The first-order valence-corrected chi connectivity index (χ1v) is 4.54. The molecule has 2 aromatic rings. The summed E-state index contributed by atoms with van der Waals surface area (Å²) in [5.74, 6) is 0.775. The van der Waals surface area contributed by atoms with Crippen LogP contribution in [0.1, 0.15) is 0 Å². The van der Waals surface area contributed by atoms with Crippen LogP contribution in [-0.2, 0) is 7.05 Å². The number of halogens is 1. The largest absolute Gasteiger partial charge is 0.494 e. The first-order chi connectivity index (χ1) is 6.22. The zero-order valence-electron chi connectivity index (χ0n) is 7.28. The van der Waals surface area contributed by atoms with Crippen LogP contribution in [0.4, 0.5) is 0 Å². The molecule has 0 aromatic carbocycles. The third-order valence-electron chi connectivity index (χ3n) is 1.85. The number of aromatic nitrogens is 3. The van der Waals surface area contributed by atoms with Crippen molar-refractivity contribution in [3.63, 3.8) is 0 Å². The molecule has 0 unspecified atom stereocenters. The molecule has 5 heteroatoms. The van der Waals surface area contributed by atoms with E-state index in [4.69, 9.17) is 4.74 Å². The summed E-state index contributed by atoms with van der Waals surface area (Å²) in [6.45, 7) is 0. The second kappa shape index (κ2) is 2.99. The maximum Gasteiger partial charge on any atom is 0.149 e. The Morgan fingerprint density at radius 1 is 1.54 bits per heavy atom. The standard InChI is InChI=1S/C8H8BrN3O/c1-12-8-5(4-10-12)11-7(9)3-6(8)13-2/h3-4H,1-2H3. The van der Waals surface area contributed by atoms with Crippen LogP contribution in [0.25, 0.3) is 11.0 Å². The van der Waals surface area contributed by atoms with E-state index in [2.05, 4.69) is 26.0 Å². The van der Waals surface area contributed by atoms with Gasteiger partial charge in [-0.25, -0.2) is 4.98 Å². The quantitative estimate of drug-likeness (QED) is 0.715. The average molecular weight is 242 g/mol. The Hall–Kier alpha value is -1.10. The Balaban J connectivity index is 2.85. The molecule has 0 aliphatic heterocycles. The molecule has 0 spiro atoms. The van der Waals surface area contributed by atoms with E-state index in [-0.39, 0.29) is 0 Å². The molecule has 0 radical (unpaired) electrons. The minimum absolute atomic E-state index is 0.754. The summed E-state index contributed by atoms with van der Waals surface area (Å²) in [6.07, 6.45) is 1.71. The van der Waals surface area contributed by atoms with Crippen LogP contribution >= 0.6 is 15.9 Å². The first-order valence-electron chi connectivity index (χ1n) is 3.74. The Bertz CT molecular complexity index is 452. The lowest BCUT2D eigenvalue weighted by molar-refractivity contribution is 0.416. The lowest BCUT2D eigenvalue weighted by atomic mass is 10.3. The van der Waals surface area contributed by atoms with Gasteiger partial charge in [0.2, 0.25) is 0 Å². The molecule has 0 fully saturated rings. The van der Waals surface area contributed by atoms with Crippen molar-refractivity contribution in [1.29, 1.82) is 0 Å². The predicted molar refractivity (Wildman–Crippen MR) is 52.8 cm³/mol. The minimum Gasteiger partial charge on any atom is -0.494 e. The van der Waals surface area contributed by atoms with Crippen molar-refractivity contribution >= 4 is 27.0 Å². The number of methoxy groups -OCH3 is 1. The highest BCUT2D eigenvalue weighted by molar-refractivity contribution is 9.10. The fourth-order valence-corrected chi connectivity index (χ4v) is 1.67. The van der Waals surface area contributed by atoms with Crippen molar-refractivity contribution in [2.24, 2.45) is 7.05 Å². The molecule has 0 aliphatic rings. The monoisotopic (exact) mass is 241 g/mol. The molecule has 0 atom stereocenters. The van der Waals surface area contributed by atoms with Crippen LogP contribution in [0.15, 0.2) is 16.9 Å². The van der Waals surface area contributed by atoms with E-state index in [0.29, 0.717) is 0 Å². The third kappa shape index (κ3) is 1.29. The van der Waals surface area contributed by atoms with Gasteiger partial charge in [0, 0.05) is 13.1 Å². The zero-order chi connectivity index (χ0) is 9.42. The molecule has 68 valence electrons. The van der Waals surface area contributed by atoms with Gasteiger partial charge in [-0.2, -0.15) is 5.10 Å². The molecule has 0 bridgehead atoms. The molecular weight excluding hydrogens is 234 g/mol. The number of hydrogen-bond acceptors (Lipinski definition) is 3. The summed E-state index contributed by atoms with van der Waals surface area (Å²) < 4.78 is 7.71. The molecule has 0 aliphatic carbocycles. The number of nitrogens with zero attached hydrogens (tertiary/aromatic N) is 3. The van der Waals surface area contributed by atoms with E-state index in [1.807, 2.05) is 13.1 Å². The number of hydrogen-bond donors (Lipinski definition) is 0. The van der Waals surface area contributed by atoms with Crippen LogP contribution in [0.3, 0.4) is 0 Å². The van der Waals surface area contributed by atoms with E-state index >= 15 is 0 Å². The number of aryl methyl sites for hydroxylation is 1. The molecule has 4 nitrogen and oxygen atoms in total. The van der Waals surface area contributed by atoms with Crippen molar-refractivity contribution in [3.05, 3.63) is 16.9 Å². The molecule has 2 aromatic heterocycles. The first kappa shape index (κ1) is 8.50. The number of fused-ring (bicyclic) bond motifs is 1. The van der Waals surface area contributed by atoms with Gasteiger partial charge in [0.05, 0.1) is 13.3 Å². The minimum atomic E-state index is 0.754. The average Bonchev–Trinajstić information content (AvgIpc) is 2.46. The molecule has 0 saturated carbocycles. The highest BCUT2D eigenvalue weighted by atomic mass is 79.9. The lowest BCUT2D eigenvalue weighted by Crippen LogP contribution is -1.93. The van der Waals surface area contributed by atoms with Crippen molar-refractivity contribution in [1.82, 2.24) is 14.8 Å². The van der Waals surface area contributed by atoms with Crippen LogP contribution in [0.5, 0.6) is 5.75 Å². The second-order valence-electron chi connectivity index (χ2n) is 2.65. The highest BCUT2D eigenvalue weighted by Crippen LogP contribution is 2.26. The summed E-state index contributed by atoms with van der Waals surface area (Å²) in [5.41, 5.74) is 1.74. The van der Waals surface area contributed by atoms with E-state index in [0.717, 1.165) is 21.4 Å². The second-order valence-corrected chi connectivity index (χ2v) is 3.46. The van der Waals surface area contributed by atoms with Gasteiger partial charge in [-0.3, -0.25) is 4.68 Å². The van der Waals surface area contributed by atoms with E-state index in [9.17, 15) is 0 Å². The molecule has 13 heavy (non-hydrogen) atoms. The SMILES string of the molecule is COc1cc(Br)nc2cnn(C)c12. The summed E-state index contributed by atoms with van der Waals surface area (Å²) in [5, 5.41) is 4.10. The number of ether oxygens (including phenoxy) is 1. The molecular formula is C8H8BrN3O. The Kier molecular flexibility index (Phi) is 1.95. The predicted octanol–water partition coefficient (Wildman–Crippen LogP) is 1.74. The topological polar surface area (TPSA) is 39.9 Å². The lowest BCUT2D eigenvalue weighted by Gasteiger charge is -2.03. The van der Waals surface area contributed by atoms with Crippen LogP contribution < -0.4 is 4.74 Å². The molecule has 0 saturated heterocycles. The Labute approximate surface area is 83.7 Å². The molecule has 0 N–H and O–H groups in total. The number of pyridine rings is 1. The van der Waals surface area contributed by atoms with Gasteiger partial charge in [-0.05, 0) is 15.9 Å². The zero-order valence-corrected chi connectivity index (χ0v) is 8.87. The van der Waals surface area contributed by atoms with Gasteiger partial charge in [0.25, 0.3) is 0 Å². The summed E-state index contributed by atoms with van der Waals surface area (Å²) in [6, 6.07) is 1.82. The third-order valence-corrected chi connectivity index (χ3v) is 2.26. The van der Waals surface area contributed by atoms with E-state index < -0.39 is 0 Å². The summed E-state index contributed by atoms with van der Waals surface area (Å²) in [7, 11) is 3.49. The van der Waals surface area contributed by atoms with Crippen molar-refractivity contribution in [2.75, 3.05) is 7.11 Å². The Morgan fingerprint density at radius 3 is 3.00 bits per heavy atom. The smallest absolute Gasteiger partial charge is 0.149 e. The molecule has 2 heterocycles. The van der Waals surface area contributed by atoms with Crippen molar-refractivity contribution in [2.45, 2.75) is 0 Å². The maximum atomic E-state index is 5.22. The Morgan fingerprint density at radius 2 is 2.31 bits per heavy atom.